The summed E-state index contributed by atoms with van der Waals surface area (Å²) >= 11 is 5.57. The lowest BCUT2D eigenvalue weighted by molar-refractivity contribution is -0.188. The molecule has 0 spiro atoms. The van der Waals surface area contributed by atoms with Crippen molar-refractivity contribution in [2.24, 2.45) is 0 Å². The van der Waals surface area contributed by atoms with Crippen molar-refractivity contribution in [1.29, 1.82) is 0 Å². The average Bonchev–Trinajstić information content (AvgIpc) is 2.35. The summed E-state index contributed by atoms with van der Waals surface area (Å²) in [6, 6.07) is 1.77. The van der Waals surface area contributed by atoms with E-state index in [-0.39, 0.29) is 42.9 Å². The second kappa shape index (κ2) is 8.39. The normalized spacial score (nSPS) is 17.6. The van der Waals surface area contributed by atoms with Crippen molar-refractivity contribution < 1.29 is 17.6 Å². The van der Waals surface area contributed by atoms with E-state index in [0.717, 1.165) is 6.07 Å². The zero-order valence-electron chi connectivity index (χ0n) is 10.8. The van der Waals surface area contributed by atoms with Gasteiger partial charge in [0.25, 0.3) is 0 Å². The fourth-order valence-electron chi connectivity index (χ4n) is 2.25. The molecule has 9 heteroatoms. The number of rotatable bonds is 2. The molecule has 0 aromatic heterocycles. The summed E-state index contributed by atoms with van der Waals surface area (Å²) in [5.41, 5.74) is -0.415. The number of nitrogens with zero attached hydrogens (tertiary/aromatic N) is 1. The molecule has 1 aliphatic heterocycles. The maximum Gasteiger partial charge on any atom is 0.408 e. The van der Waals surface area contributed by atoms with Gasteiger partial charge in [0.05, 0.1) is 5.02 Å². The highest BCUT2D eigenvalue weighted by Gasteiger charge is 2.46. The lowest BCUT2D eigenvalue weighted by atomic mass is 10.0. The molecule has 1 N–H and O–H groups in total. The van der Waals surface area contributed by atoms with Gasteiger partial charge in [0.15, 0.2) is 0 Å². The SMILES string of the molecule is Cl.Cl.Fc1c(Cl)cccc1[C@@H](N1CCNCC1)C(F)(F)F. The van der Waals surface area contributed by atoms with Crippen LogP contribution in [-0.2, 0) is 0 Å². The summed E-state index contributed by atoms with van der Waals surface area (Å²) in [7, 11) is 0. The first-order chi connectivity index (χ1) is 8.91. The third kappa shape index (κ3) is 4.86. The van der Waals surface area contributed by atoms with E-state index in [1.807, 2.05) is 0 Å². The van der Waals surface area contributed by atoms with Crippen molar-refractivity contribution in [2.45, 2.75) is 12.2 Å². The molecule has 1 aliphatic rings. The second-order valence-electron chi connectivity index (χ2n) is 4.37. The predicted molar refractivity (Wildman–Crippen MR) is 79.1 cm³/mol. The van der Waals surface area contributed by atoms with Crippen LogP contribution in [0.25, 0.3) is 0 Å². The van der Waals surface area contributed by atoms with Crippen LogP contribution in [0, 0.1) is 5.82 Å². The Balaban J connectivity index is 0.00000200. The zero-order chi connectivity index (χ0) is 14.0. The molecule has 1 fully saturated rings. The first-order valence-corrected chi connectivity index (χ1v) is 6.24. The summed E-state index contributed by atoms with van der Waals surface area (Å²) in [6.45, 7) is 1.34. The van der Waals surface area contributed by atoms with Crippen molar-refractivity contribution in [3.8, 4) is 0 Å². The monoisotopic (exact) mass is 368 g/mol. The summed E-state index contributed by atoms with van der Waals surface area (Å²) in [5, 5.41) is 2.68. The molecule has 2 rings (SSSR count). The number of halogens is 7. The molecular weight excluding hydrogens is 354 g/mol. The fraction of sp³-hybridized carbons (Fsp3) is 0.500. The van der Waals surface area contributed by atoms with Gasteiger partial charge < -0.3 is 5.32 Å². The molecule has 1 saturated heterocycles. The minimum absolute atomic E-state index is 0. The molecule has 0 radical (unpaired) electrons. The number of piperazine rings is 1. The van der Waals surface area contributed by atoms with Gasteiger partial charge in [0.2, 0.25) is 0 Å². The number of alkyl halides is 3. The Kier molecular flexibility index (Phi) is 8.28. The molecule has 122 valence electrons. The molecule has 0 amide bonds. The highest BCUT2D eigenvalue weighted by molar-refractivity contribution is 6.30. The van der Waals surface area contributed by atoms with Crippen molar-refractivity contribution in [2.75, 3.05) is 26.2 Å². The third-order valence-electron chi connectivity index (χ3n) is 3.10. The maximum absolute atomic E-state index is 13.9. The first kappa shape index (κ1) is 20.7. The highest BCUT2D eigenvalue weighted by atomic mass is 35.5. The average molecular weight is 370 g/mol. The van der Waals surface area contributed by atoms with Gasteiger partial charge in [-0.05, 0) is 6.07 Å². The quantitative estimate of drug-likeness (QED) is 0.797. The largest absolute Gasteiger partial charge is 0.408 e. The van der Waals surface area contributed by atoms with Crippen LogP contribution >= 0.6 is 36.4 Å². The van der Waals surface area contributed by atoms with Crippen LogP contribution in [0.15, 0.2) is 18.2 Å². The molecule has 21 heavy (non-hydrogen) atoms. The highest BCUT2D eigenvalue weighted by Crippen LogP contribution is 2.39. The summed E-state index contributed by atoms with van der Waals surface area (Å²) in [4.78, 5) is 1.23. The smallest absolute Gasteiger partial charge is 0.314 e. The predicted octanol–water partition coefficient (Wildman–Crippen LogP) is 3.83. The zero-order valence-corrected chi connectivity index (χ0v) is 13.2. The van der Waals surface area contributed by atoms with Gasteiger partial charge in [0.1, 0.15) is 11.9 Å². The Bertz CT molecular complexity index is 451. The van der Waals surface area contributed by atoms with E-state index in [1.54, 1.807) is 0 Å². The molecule has 0 aliphatic carbocycles. The lowest BCUT2D eigenvalue weighted by Crippen LogP contribution is -2.49. The molecule has 0 saturated carbocycles. The molecule has 1 aromatic carbocycles. The summed E-state index contributed by atoms with van der Waals surface area (Å²) in [6.07, 6.45) is -4.54. The molecular formula is C12H15Cl3F4N2. The number of hydrogen-bond donors (Lipinski definition) is 1. The molecule has 1 atom stereocenters. The standard InChI is InChI=1S/C12H13ClF4N2.2ClH/c13-9-3-1-2-8(10(9)14)11(12(15,16)17)19-6-4-18-5-7-19;;/h1-3,11,18H,4-7H2;2*1H/t11-;;/m1../s1. The Labute approximate surface area is 137 Å². The van der Waals surface area contributed by atoms with Crippen LogP contribution in [0.3, 0.4) is 0 Å². The van der Waals surface area contributed by atoms with Crippen LogP contribution < -0.4 is 5.32 Å². The van der Waals surface area contributed by atoms with Gasteiger partial charge in [0, 0.05) is 31.7 Å². The summed E-state index contributed by atoms with van der Waals surface area (Å²) < 4.78 is 53.6. The second-order valence-corrected chi connectivity index (χ2v) is 4.78. The minimum Gasteiger partial charge on any atom is -0.314 e. The van der Waals surface area contributed by atoms with E-state index in [9.17, 15) is 17.6 Å². The van der Waals surface area contributed by atoms with Crippen LogP contribution in [0.4, 0.5) is 17.6 Å². The van der Waals surface area contributed by atoms with Crippen molar-refractivity contribution in [1.82, 2.24) is 10.2 Å². The van der Waals surface area contributed by atoms with Gasteiger partial charge in [-0.25, -0.2) is 4.39 Å². The lowest BCUT2D eigenvalue weighted by Gasteiger charge is -2.36. The Morgan fingerprint density at radius 2 is 1.71 bits per heavy atom. The van der Waals surface area contributed by atoms with Crippen LogP contribution in [0.5, 0.6) is 0 Å². The van der Waals surface area contributed by atoms with E-state index >= 15 is 0 Å². The molecule has 1 heterocycles. The van der Waals surface area contributed by atoms with E-state index < -0.39 is 23.6 Å². The van der Waals surface area contributed by atoms with Gasteiger partial charge in [-0.3, -0.25) is 4.90 Å². The van der Waals surface area contributed by atoms with Crippen molar-refractivity contribution in [3.05, 3.63) is 34.6 Å². The Morgan fingerprint density at radius 3 is 2.24 bits per heavy atom. The molecule has 2 nitrogen and oxygen atoms in total. The van der Waals surface area contributed by atoms with E-state index in [1.165, 1.54) is 17.0 Å². The van der Waals surface area contributed by atoms with E-state index in [4.69, 9.17) is 11.6 Å². The van der Waals surface area contributed by atoms with Crippen LogP contribution in [-0.4, -0.2) is 37.3 Å². The molecule has 1 aromatic rings. The van der Waals surface area contributed by atoms with Crippen molar-refractivity contribution >= 4 is 36.4 Å². The van der Waals surface area contributed by atoms with Gasteiger partial charge in [-0.2, -0.15) is 13.2 Å². The Morgan fingerprint density at radius 1 is 1.14 bits per heavy atom. The molecule has 0 bridgehead atoms. The minimum atomic E-state index is -4.54. The van der Waals surface area contributed by atoms with E-state index in [2.05, 4.69) is 5.32 Å². The number of benzene rings is 1. The first-order valence-electron chi connectivity index (χ1n) is 5.86. The van der Waals surface area contributed by atoms with Crippen molar-refractivity contribution in [3.63, 3.8) is 0 Å². The fourth-order valence-corrected chi connectivity index (χ4v) is 2.43. The third-order valence-corrected chi connectivity index (χ3v) is 3.39. The van der Waals surface area contributed by atoms with Gasteiger partial charge >= 0.3 is 6.18 Å². The van der Waals surface area contributed by atoms with Gasteiger partial charge in [-0.1, -0.05) is 23.7 Å². The number of nitrogens with one attached hydrogen (secondary N) is 1. The summed E-state index contributed by atoms with van der Waals surface area (Å²) in [5.74, 6) is -0.995. The number of hydrogen-bond acceptors (Lipinski definition) is 2. The van der Waals surface area contributed by atoms with E-state index in [0.29, 0.717) is 13.1 Å². The van der Waals surface area contributed by atoms with Crippen LogP contribution in [0.2, 0.25) is 5.02 Å². The van der Waals surface area contributed by atoms with Crippen LogP contribution in [0.1, 0.15) is 11.6 Å². The topological polar surface area (TPSA) is 15.3 Å². The maximum atomic E-state index is 13.9. The van der Waals surface area contributed by atoms with Gasteiger partial charge in [-0.15, -0.1) is 24.8 Å². The molecule has 0 unspecified atom stereocenters. The Hall–Kier alpha value is -0.270.